The van der Waals surface area contributed by atoms with Gasteiger partial charge in [-0.15, -0.1) is 0 Å². The molecule has 0 aliphatic heterocycles. The fourth-order valence-electron chi connectivity index (χ4n) is 2.35. The molecular weight excluding hydrogens is 292 g/mol. The normalized spacial score (nSPS) is 15.2. The molecule has 1 amide bonds. The van der Waals surface area contributed by atoms with Gasteiger partial charge in [0.05, 0.1) is 0 Å². The van der Waals surface area contributed by atoms with Crippen LogP contribution in [0.25, 0.3) is 5.57 Å². The monoisotopic (exact) mass is 308 g/mol. The van der Waals surface area contributed by atoms with Gasteiger partial charge < -0.3 is 11.5 Å². The Labute approximate surface area is 115 Å². The minimum Gasteiger partial charge on any atom is -0.366 e. The fraction of sp³-hybridized carbons (Fsp3) is 0.357. The first kappa shape index (κ1) is 13.3. The van der Waals surface area contributed by atoms with E-state index in [-0.39, 0.29) is 11.9 Å². The number of primary amides is 1. The number of hydrogen-bond donors (Lipinski definition) is 2. The van der Waals surface area contributed by atoms with E-state index >= 15 is 0 Å². The van der Waals surface area contributed by atoms with Gasteiger partial charge in [0.25, 0.3) is 0 Å². The Morgan fingerprint density at radius 3 is 2.83 bits per heavy atom. The third-order valence-corrected chi connectivity index (χ3v) is 4.07. The highest BCUT2D eigenvalue weighted by Crippen LogP contribution is 2.38. The summed E-state index contributed by atoms with van der Waals surface area (Å²) < 4.78 is 1.01. The highest BCUT2D eigenvalue weighted by molar-refractivity contribution is 9.10. The topological polar surface area (TPSA) is 69.1 Å². The molecule has 4 N–H and O–H groups in total. The molecule has 2 rings (SSSR count). The number of rotatable bonds is 4. The van der Waals surface area contributed by atoms with E-state index in [1.54, 1.807) is 6.07 Å². The van der Waals surface area contributed by atoms with Gasteiger partial charge in [0.15, 0.2) is 0 Å². The second-order valence-electron chi connectivity index (χ2n) is 4.62. The summed E-state index contributed by atoms with van der Waals surface area (Å²) in [6.45, 7) is 2.08. The first-order valence-corrected chi connectivity index (χ1v) is 6.90. The Morgan fingerprint density at radius 1 is 1.50 bits per heavy atom. The number of allylic oxidation sites excluding steroid dienone is 1. The number of carbonyl (C=O) groups excluding carboxylic acids is 1. The summed E-state index contributed by atoms with van der Waals surface area (Å²) in [6, 6.07) is 3.82. The highest BCUT2D eigenvalue weighted by atomic mass is 79.9. The molecule has 0 spiro atoms. The lowest BCUT2D eigenvalue weighted by atomic mass is 9.96. The average Bonchev–Trinajstić information content (AvgIpc) is 2.73. The van der Waals surface area contributed by atoms with E-state index in [9.17, 15) is 4.79 Å². The van der Waals surface area contributed by atoms with Crippen molar-refractivity contribution in [3.05, 3.63) is 39.4 Å². The SMILES string of the molecule is CCC(N)CC1=CCc2c(C(N)=O)ccc(Br)c21. The smallest absolute Gasteiger partial charge is 0.249 e. The standard InChI is InChI=1S/C14H17BrN2O/c1-2-9(16)7-8-3-4-10-11(14(17)18)5-6-12(15)13(8)10/h3,5-6,9H,2,4,7,16H2,1H3,(H2,17,18). The van der Waals surface area contributed by atoms with Crippen LogP contribution in [0, 0.1) is 0 Å². The zero-order valence-corrected chi connectivity index (χ0v) is 12.0. The summed E-state index contributed by atoms with van der Waals surface area (Å²) >= 11 is 3.55. The zero-order valence-electron chi connectivity index (χ0n) is 10.4. The molecule has 4 heteroatoms. The van der Waals surface area contributed by atoms with Crippen molar-refractivity contribution in [2.75, 3.05) is 0 Å². The maximum Gasteiger partial charge on any atom is 0.249 e. The van der Waals surface area contributed by atoms with E-state index in [2.05, 4.69) is 28.9 Å². The highest BCUT2D eigenvalue weighted by Gasteiger charge is 2.23. The molecule has 0 fully saturated rings. The van der Waals surface area contributed by atoms with Crippen LogP contribution in [0.4, 0.5) is 0 Å². The van der Waals surface area contributed by atoms with Gasteiger partial charge in [-0.3, -0.25) is 4.79 Å². The lowest BCUT2D eigenvalue weighted by molar-refractivity contribution is 0.0999. The van der Waals surface area contributed by atoms with Gasteiger partial charge >= 0.3 is 0 Å². The number of fused-ring (bicyclic) bond motifs is 1. The minimum absolute atomic E-state index is 0.159. The maximum atomic E-state index is 11.4. The van der Waals surface area contributed by atoms with E-state index in [0.717, 1.165) is 34.9 Å². The third kappa shape index (κ3) is 2.35. The molecule has 0 saturated carbocycles. The van der Waals surface area contributed by atoms with Gasteiger partial charge in [-0.05, 0) is 48.1 Å². The fourth-order valence-corrected chi connectivity index (χ4v) is 2.97. The molecular formula is C14H17BrN2O. The van der Waals surface area contributed by atoms with Crippen LogP contribution in [-0.4, -0.2) is 11.9 Å². The molecule has 0 heterocycles. The molecule has 0 bridgehead atoms. The molecule has 18 heavy (non-hydrogen) atoms. The van der Waals surface area contributed by atoms with Crippen molar-refractivity contribution in [1.29, 1.82) is 0 Å². The molecule has 1 aliphatic carbocycles. The molecule has 1 unspecified atom stereocenters. The molecule has 1 atom stereocenters. The van der Waals surface area contributed by atoms with Gasteiger partial charge in [-0.25, -0.2) is 0 Å². The Hall–Kier alpha value is -1.13. The van der Waals surface area contributed by atoms with Crippen LogP contribution in [0.1, 0.15) is 41.3 Å². The lowest BCUT2D eigenvalue weighted by Gasteiger charge is -2.14. The molecule has 0 radical (unpaired) electrons. The Balaban J connectivity index is 2.41. The molecule has 1 aromatic carbocycles. The molecule has 1 aliphatic rings. The predicted molar refractivity (Wildman–Crippen MR) is 77.2 cm³/mol. The summed E-state index contributed by atoms with van der Waals surface area (Å²) in [5.41, 5.74) is 15.4. The third-order valence-electron chi connectivity index (χ3n) is 3.41. The summed E-state index contributed by atoms with van der Waals surface area (Å²) in [7, 11) is 0. The van der Waals surface area contributed by atoms with Crippen LogP contribution in [0.3, 0.4) is 0 Å². The zero-order chi connectivity index (χ0) is 13.3. The van der Waals surface area contributed by atoms with Gasteiger partial charge in [0, 0.05) is 16.1 Å². The van der Waals surface area contributed by atoms with E-state index in [0.29, 0.717) is 5.56 Å². The largest absolute Gasteiger partial charge is 0.366 e. The summed E-state index contributed by atoms with van der Waals surface area (Å²) in [6.07, 6.45) is 4.69. The van der Waals surface area contributed by atoms with Crippen LogP contribution in [0.5, 0.6) is 0 Å². The molecule has 0 aromatic heterocycles. The quantitative estimate of drug-likeness (QED) is 0.897. The van der Waals surface area contributed by atoms with Gasteiger partial charge in [-0.2, -0.15) is 0 Å². The van der Waals surface area contributed by atoms with Crippen LogP contribution in [0.15, 0.2) is 22.7 Å². The number of hydrogen-bond acceptors (Lipinski definition) is 2. The number of carbonyl (C=O) groups is 1. The average molecular weight is 309 g/mol. The first-order valence-electron chi connectivity index (χ1n) is 6.10. The van der Waals surface area contributed by atoms with E-state index < -0.39 is 0 Å². The Morgan fingerprint density at radius 2 is 2.22 bits per heavy atom. The lowest BCUT2D eigenvalue weighted by Crippen LogP contribution is -2.19. The predicted octanol–water partition coefficient (Wildman–Crippen LogP) is 2.61. The van der Waals surface area contributed by atoms with Crippen molar-refractivity contribution in [3.8, 4) is 0 Å². The molecule has 96 valence electrons. The van der Waals surface area contributed by atoms with Crippen molar-refractivity contribution in [2.45, 2.75) is 32.2 Å². The second kappa shape index (κ2) is 5.24. The van der Waals surface area contributed by atoms with Crippen molar-refractivity contribution in [2.24, 2.45) is 11.5 Å². The van der Waals surface area contributed by atoms with Crippen molar-refractivity contribution in [3.63, 3.8) is 0 Å². The molecule has 1 aromatic rings. The van der Waals surface area contributed by atoms with Gasteiger partial charge in [0.1, 0.15) is 0 Å². The Kier molecular flexibility index (Phi) is 3.88. The Bertz CT molecular complexity index is 523. The molecule has 3 nitrogen and oxygen atoms in total. The van der Waals surface area contributed by atoms with Crippen LogP contribution >= 0.6 is 15.9 Å². The van der Waals surface area contributed by atoms with E-state index in [4.69, 9.17) is 11.5 Å². The molecule has 0 saturated heterocycles. The number of nitrogens with two attached hydrogens (primary N) is 2. The number of halogens is 1. The van der Waals surface area contributed by atoms with Crippen molar-refractivity contribution >= 4 is 27.4 Å². The number of amides is 1. The summed E-state index contributed by atoms with van der Waals surface area (Å²) in [5.74, 6) is -0.367. The van der Waals surface area contributed by atoms with E-state index in [1.165, 1.54) is 5.57 Å². The number of benzene rings is 1. The van der Waals surface area contributed by atoms with Gasteiger partial charge in [-0.1, -0.05) is 28.9 Å². The summed E-state index contributed by atoms with van der Waals surface area (Å²) in [4.78, 5) is 11.4. The van der Waals surface area contributed by atoms with Crippen molar-refractivity contribution in [1.82, 2.24) is 0 Å². The minimum atomic E-state index is -0.367. The first-order chi connectivity index (χ1) is 8.54. The maximum absolute atomic E-state index is 11.4. The van der Waals surface area contributed by atoms with Crippen LogP contribution in [0.2, 0.25) is 0 Å². The van der Waals surface area contributed by atoms with Crippen molar-refractivity contribution < 1.29 is 4.79 Å². The second-order valence-corrected chi connectivity index (χ2v) is 5.47. The van der Waals surface area contributed by atoms with E-state index in [1.807, 2.05) is 6.07 Å². The summed E-state index contributed by atoms with van der Waals surface area (Å²) in [5, 5.41) is 0. The van der Waals surface area contributed by atoms with Gasteiger partial charge in [0.2, 0.25) is 5.91 Å². The van der Waals surface area contributed by atoms with Crippen LogP contribution < -0.4 is 11.5 Å². The van der Waals surface area contributed by atoms with Crippen LogP contribution in [-0.2, 0) is 6.42 Å².